The van der Waals surface area contributed by atoms with Crippen molar-refractivity contribution in [3.05, 3.63) is 83.9 Å². The van der Waals surface area contributed by atoms with Gasteiger partial charge in [-0.05, 0) is 42.0 Å². The molecular formula is C19H13N5. The molecule has 0 atom stereocenters. The molecule has 1 aromatic heterocycles. The summed E-state index contributed by atoms with van der Waals surface area (Å²) in [4.78, 5) is 10.2. The first-order valence-corrected chi connectivity index (χ1v) is 7.32. The van der Waals surface area contributed by atoms with Crippen molar-refractivity contribution in [2.75, 3.05) is 4.90 Å². The van der Waals surface area contributed by atoms with E-state index < -0.39 is 0 Å². The first-order chi connectivity index (χ1) is 11.8. The molecule has 0 saturated carbocycles. The van der Waals surface area contributed by atoms with Gasteiger partial charge in [0.2, 0.25) is 0 Å². The maximum absolute atomic E-state index is 8.96. The van der Waals surface area contributed by atoms with Gasteiger partial charge in [0.15, 0.2) is 0 Å². The van der Waals surface area contributed by atoms with E-state index in [0.717, 1.165) is 16.9 Å². The molecule has 1 heterocycles. The number of hydrogen-bond donors (Lipinski definition) is 0. The summed E-state index contributed by atoms with van der Waals surface area (Å²) in [5.41, 5.74) is 4.09. The summed E-state index contributed by atoms with van der Waals surface area (Å²) in [6.07, 6.45) is 4.98. The van der Waals surface area contributed by atoms with Gasteiger partial charge in [-0.25, -0.2) is 9.97 Å². The number of hydrogen-bond acceptors (Lipinski definition) is 5. The molecule has 3 rings (SSSR count). The second kappa shape index (κ2) is 7.04. The van der Waals surface area contributed by atoms with Crippen LogP contribution in [0.3, 0.4) is 0 Å². The van der Waals surface area contributed by atoms with Crippen LogP contribution in [0.25, 0.3) is 0 Å². The molecule has 0 spiro atoms. The molecule has 0 saturated heterocycles. The van der Waals surface area contributed by atoms with Gasteiger partial charge in [0.25, 0.3) is 0 Å². The normalized spacial score (nSPS) is 9.75. The number of nitriles is 2. The highest BCUT2D eigenvalue weighted by Gasteiger charge is 2.11. The highest BCUT2D eigenvalue weighted by atomic mass is 15.1. The lowest BCUT2D eigenvalue weighted by atomic mass is 10.1. The number of benzene rings is 2. The van der Waals surface area contributed by atoms with Gasteiger partial charge in [0.1, 0.15) is 6.33 Å². The van der Waals surface area contributed by atoms with Crippen molar-refractivity contribution in [1.82, 2.24) is 9.97 Å². The minimum Gasteiger partial charge on any atom is -0.334 e. The first-order valence-electron chi connectivity index (χ1n) is 7.32. The quantitative estimate of drug-likeness (QED) is 0.736. The van der Waals surface area contributed by atoms with E-state index in [-0.39, 0.29) is 0 Å². The van der Waals surface area contributed by atoms with Gasteiger partial charge in [0, 0.05) is 12.2 Å². The Morgan fingerprint density at radius 2 is 1.29 bits per heavy atom. The molecular weight excluding hydrogens is 298 g/mol. The molecule has 0 bridgehead atoms. The van der Waals surface area contributed by atoms with E-state index in [1.807, 2.05) is 24.3 Å². The molecule has 5 heteroatoms. The topological polar surface area (TPSA) is 76.6 Å². The highest BCUT2D eigenvalue weighted by molar-refractivity contribution is 5.62. The van der Waals surface area contributed by atoms with Crippen molar-refractivity contribution in [2.45, 2.75) is 6.54 Å². The van der Waals surface area contributed by atoms with Crippen LogP contribution in [0, 0.1) is 22.7 Å². The predicted molar refractivity (Wildman–Crippen MR) is 90.2 cm³/mol. The van der Waals surface area contributed by atoms with Gasteiger partial charge in [-0.2, -0.15) is 10.5 Å². The van der Waals surface area contributed by atoms with Crippen LogP contribution in [0.4, 0.5) is 11.4 Å². The fraction of sp³-hybridized carbons (Fsp3) is 0.0526. The van der Waals surface area contributed by atoms with Crippen LogP contribution in [0.1, 0.15) is 16.7 Å². The van der Waals surface area contributed by atoms with Gasteiger partial charge < -0.3 is 4.90 Å². The molecule has 0 aliphatic rings. The largest absolute Gasteiger partial charge is 0.334 e. The standard InChI is InChI=1S/C19H13N5/c20-9-15-1-3-17(4-2-15)13-24(19-11-22-14-23-12-19)18-7-5-16(10-21)6-8-18/h1-8,11-12,14H,13H2. The molecule has 3 aromatic rings. The van der Waals surface area contributed by atoms with Crippen LogP contribution in [0.15, 0.2) is 67.3 Å². The molecule has 0 aliphatic carbocycles. The molecule has 24 heavy (non-hydrogen) atoms. The average Bonchev–Trinajstić information content (AvgIpc) is 2.67. The molecule has 0 fully saturated rings. The second-order valence-electron chi connectivity index (χ2n) is 5.15. The summed E-state index contributed by atoms with van der Waals surface area (Å²) in [7, 11) is 0. The molecule has 0 N–H and O–H groups in total. The van der Waals surface area contributed by atoms with E-state index in [2.05, 4.69) is 27.0 Å². The summed E-state index contributed by atoms with van der Waals surface area (Å²) in [5.74, 6) is 0. The van der Waals surface area contributed by atoms with Crippen LogP contribution in [0.5, 0.6) is 0 Å². The third kappa shape index (κ3) is 3.37. The van der Waals surface area contributed by atoms with Crippen molar-refractivity contribution < 1.29 is 0 Å². The van der Waals surface area contributed by atoms with Crippen LogP contribution < -0.4 is 4.90 Å². The summed E-state index contributed by atoms with van der Waals surface area (Å²) < 4.78 is 0. The zero-order valence-electron chi connectivity index (χ0n) is 12.8. The smallest absolute Gasteiger partial charge is 0.115 e. The Balaban J connectivity index is 1.95. The predicted octanol–water partition coefficient (Wildman–Crippen LogP) is 3.56. The lowest BCUT2D eigenvalue weighted by molar-refractivity contribution is 0.957. The van der Waals surface area contributed by atoms with Gasteiger partial charge in [-0.3, -0.25) is 0 Å². The van der Waals surface area contributed by atoms with Gasteiger partial charge in [-0.15, -0.1) is 0 Å². The third-order valence-electron chi connectivity index (χ3n) is 3.59. The Morgan fingerprint density at radius 3 is 1.83 bits per heavy atom. The Morgan fingerprint density at radius 1 is 0.750 bits per heavy atom. The maximum Gasteiger partial charge on any atom is 0.115 e. The van der Waals surface area contributed by atoms with E-state index in [9.17, 15) is 0 Å². The maximum atomic E-state index is 8.96. The Bertz CT molecular complexity index is 888. The van der Waals surface area contributed by atoms with Crippen molar-refractivity contribution in [1.29, 1.82) is 10.5 Å². The number of aromatic nitrogens is 2. The van der Waals surface area contributed by atoms with Crippen molar-refractivity contribution in [2.24, 2.45) is 0 Å². The van der Waals surface area contributed by atoms with Crippen molar-refractivity contribution in [3.63, 3.8) is 0 Å². The summed E-state index contributed by atoms with van der Waals surface area (Å²) >= 11 is 0. The monoisotopic (exact) mass is 311 g/mol. The number of rotatable bonds is 4. The molecule has 0 aliphatic heterocycles. The van der Waals surface area contributed by atoms with Crippen molar-refractivity contribution >= 4 is 11.4 Å². The molecule has 0 amide bonds. The summed E-state index contributed by atoms with van der Waals surface area (Å²) in [6.45, 7) is 0.602. The van der Waals surface area contributed by atoms with E-state index in [4.69, 9.17) is 10.5 Å². The molecule has 114 valence electrons. The van der Waals surface area contributed by atoms with Crippen LogP contribution in [-0.4, -0.2) is 9.97 Å². The van der Waals surface area contributed by atoms with E-state index in [0.29, 0.717) is 17.7 Å². The van der Waals surface area contributed by atoms with E-state index >= 15 is 0 Å². The third-order valence-corrected chi connectivity index (χ3v) is 3.59. The summed E-state index contributed by atoms with van der Waals surface area (Å²) in [6, 6.07) is 19.1. The minimum absolute atomic E-state index is 0.602. The van der Waals surface area contributed by atoms with Gasteiger partial charge in [0.05, 0.1) is 41.3 Å². The molecule has 0 radical (unpaired) electrons. The van der Waals surface area contributed by atoms with Gasteiger partial charge >= 0.3 is 0 Å². The zero-order chi connectivity index (χ0) is 16.8. The fourth-order valence-corrected chi connectivity index (χ4v) is 2.35. The zero-order valence-corrected chi connectivity index (χ0v) is 12.8. The Labute approximate surface area is 140 Å². The minimum atomic E-state index is 0.602. The Kier molecular flexibility index (Phi) is 4.46. The summed E-state index contributed by atoms with van der Waals surface area (Å²) in [5, 5.41) is 17.9. The Hall–Kier alpha value is -3.70. The van der Waals surface area contributed by atoms with E-state index in [1.54, 1.807) is 36.7 Å². The SMILES string of the molecule is N#Cc1ccc(CN(c2ccc(C#N)cc2)c2cncnc2)cc1. The molecule has 5 nitrogen and oxygen atoms in total. The van der Waals surface area contributed by atoms with Crippen LogP contribution >= 0.6 is 0 Å². The highest BCUT2D eigenvalue weighted by Crippen LogP contribution is 2.26. The lowest BCUT2D eigenvalue weighted by Gasteiger charge is -2.24. The molecule has 2 aromatic carbocycles. The van der Waals surface area contributed by atoms with Crippen LogP contribution in [-0.2, 0) is 6.54 Å². The first kappa shape index (κ1) is 15.2. The second-order valence-corrected chi connectivity index (χ2v) is 5.15. The van der Waals surface area contributed by atoms with Crippen LogP contribution in [0.2, 0.25) is 0 Å². The number of nitrogens with zero attached hydrogens (tertiary/aromatic N) is 5. The number of anilines is 2. The van der Waals surface area contributed by atoms with Crippen molar-refractivity contribution in [3.8, 4) is 12.1 Å². The fourth-order valence-electron chi connectivity index (χ4n) is 2.35. The van der Waals surface area contributed by atoms with E-state index in [1.165, 1.54) is 6.33 Å². The lowest BCUT2D eigenvalue weighted by Crippen LogP contribution is -2.16. The van der Waals surface area contributed by atoms with Gasteiger partial charge in [-0.1, -0.05) is 12.1 Å². The average molecular weight is 311 g/mol. The molecule has 0 unspecified atom stereocenters.